The fourth-order valence-electron chi connectivity index (χ4n) is 2.18. The predicted octanol–water partition coefficient (Wildman–Crippen LogP) is 1.25. The molecule has 1 aliphatic rings. The molecule has 1 saturated heterocycles. The van der Waals surface area contributed by atoms with Gasteiger partial charge in [0.1, 0.15) is 6.33 Å². The van der Waals surface area contributed by atoms with Gasteiger partial charge in [-0.2, -0.15) is 0 Å². The predicted molar refractivity (Wildman–Crippen MR) is 65.7 cm³/mol. The number of aromatic nitrogens is 2. The quantitative estimate of drug-likeness (QED) is 0.504. The van der Waals surface area contributed by atoms with Gasteiger partial charge < -0.3 is 10.0 Å². The van der Waals surface area contributed by atoms with Gasteiger partial charge in [0.05, 0.1) is 4.92 Å². The molecule has 0 saturated carbocycles. The Labute approximate surface area is 109 Å². The van der Waals surface area contributed by atoms with Crippen LogP contribution in [-0.4, -0.2) is 39.7 Å². The van der Waals surface area contributed by atoms with Crippen LogP contribution in [0.3, 0.4) is 0 Å². The first-order chi connectivity index (χ1) is 8.63. The SMILES string of the molecule is O=[N+]([O-])c1c(Cl)ncnc1N1CCC(CCO)C1. The molecule has 8 heteroatoms. The molecule has 0 amide bonds. The Morgan fingerprint density at radius 3 is 3.06 bits per heavy atom. The zero-order valence-electron chi connectivity index (χ0n) is 9.62. The van der Waals surface area contributed by atoms with E-state index in [0.29, 0.717) is 25.4 Å². The van der Waals surface area contributed by atoms with Crippen LogP contribution in [0.2, 0.25) is 5.15 Å². The van der Waals surface area contributed by atoms with Gasteiger partial charge in [-0.25, -0.2) is 9.97 Å². The van der Waals surface area contributed by atoms with Crippen LogP contribution in [0.5, 0.6) is 0 Å². The van der Waals surface area contributed by atoms with Crippen LogP contribution in [0.15, 0.2) is 6.33 Å². The number of aliphatic hydroxyl groups excluding tert-OH is 1. The molecule has 2 heterocycles. The number of anilines is 1. The summed E-state index contributed by atoms with van der Waals surface area (Å²) < 4.78 is 0. The Hall–Kier alpha value is -1.47. The molecule has 1 unspecified atom stereocenters. The summed E-state index contributed by atoms with van der Waals surface area (Å²) in [4.78, 5) is 19.8. The van der Waals surface area contributed by atoms with Crippen molar-refractivity contribution in [2.24, 2.45) is 5.92 Å². The first kappa shape index (κ1) is 13.0. The normalized spacial score (nSPS) is 19.2. The second-order valence-corrected chi connectivity index (χ2v) is 4.56. The Morgan fingerprint density at radius 1 is 1.61 bits per heavy atom. The van der Waals surface area contributed by atoms with Crippen molar-refractivity contribution in [3.8, 4) is 0 Å². The van der Waals surface area contributed by atoms with Gasteiger partial charge in [-0.05, 0) is 18.8 Å². The fraction of sp³-hybridized carbons (Fsp3) is 0.600. The summed E-state index contributed by atoms with van der Waals surface area (Å²) in [5.41, 5.74) is -0.246. The molecule has 7 nitrogen and oxygen atoms in total. The highest BCUT2D eigenvalue weighted by molar-refractivity contribution is 6.31. The van der Waals surface area contributed by atoms with Crippen molar-refractivity contribution in [2.75, 3.05) is 24.6 Å². The fourth-order valence-corrected chi connectivity index (χ4v) is 2.38. The standard InChI is InChI=1S/C10H13ClN4O3/c11-9-8(15(17)18)10(13-6-12-9)14-3-1-7(5-14)2-4-16/h6-7,16H,1-5H2. The highest BCUT2D eigenvalue weighted by atomic mass is 35.5. The van der Waals surface area contributed by atoms with Crippen LogP contribution >= 0.6 is 11.6 Å². The maximum absolute atomic E-state index is 11.0. The highest BCUT2D eigenvalue weighted by Crippen LogP contribution is 2.34. The Balaban J connectivity index is 2.24. The van der Waals surface area contributed by atoms with E-state index in [1.165, 1.54) is 6.33 Å². The molecule has 1 atom stereocenters. The zero-order valence-corrected chi connectivity index (χ0v) is 10.4. The molecule has 1 aliphatic heterocycles. The first-order valence-corrected chi connectivity index (χ1v) is 6.02. The molecule has 0 bridgehead atoms. The zero-order chi connectivity index (χ0) is 13.1. The summed E-state index contributed by atoms with van der Waals surface area (Å²) in [6.07, 6.45) is 2.81. The third-order valence-electron chi connectivity index (χ3n) is 3.06. The Morgan fingerprint density at radius 2 is 2.39 bits per heavy atom. The third-order valence-corrected chi connectivity index (χ3v) is 3.34. The number of aliphatic hydroxyl groups is 1. The van der Waals surface area contributed by atoms with Crippen LogP contribution < -0.4 is 4.90 Å². The molecule has 18 heavy (non-hydrogen) atoms. The third kappa shape index (κ3) is 2.51. The second-order valence-electron chi connectivity index (χ2n) is 4.21. The van der Waals surface area contributed by atoms with Gasteiger partial charge in [0.15, 0.2) is 0 Å². The van der Waals surface area contributed by atoms with Crippen molar-refractivity contribution in [1.82, 2.24) is 9.97 Å². The van der Waals surface area contributed by atoms with Gasteiger partial charge >= 0.3 is 5.69 Å². The van der Waals surface area contributed by atoms with Crippen LogP contribution in [0.4, 0.5) is 11.5 Å². The van der Waals surface area contributed by atoms with Crippen molar-refractivity contribution in [3.05, 3.63) is 21.6 Å². The average molecular weight is 273 g/mol. The van der Waals surface area contributed by atoms with E-state index in [1.54, 1.807) is 0 Å². The molecule has 0 radical (unpaired) electrons. The van der Waals surface area contributed by atoms with E-state index in [2.05, 4.69) is 9.97 Å². The molecule has 0 aliphatic carbocycles. The second kappa shape index (κ2) is 5.45. The number of rotatable bonds is 4. The summed E-state index contributed by atoms with van der Waals surface area (Å²) >= 11 is 5.74. The lowest BCUT2D eigenvalue weighted by Crippen LogP contribution is -2.22. The van der Waals surface area contributed by atoms with Crippen LogP contribution in [0, 0.1) is 16.0 Å². The van der Waals surface area contributed by atoms with E-state index in [9.17, 15) is 10.1 Å². The van der Waals surface area contributed by atoms with Crippen molar-refractivity contribution in [3.63, 3.8) is 0 Å². The number of halogens is 1. The van der Waals surface area contributed by atoms with Crippen LogP contribution in [0.25, 0.3) is 0 Å². The van der Waals surface area contributed by atoms with Crippen LogP contribution in [-0.2, 0) is 0 Å². The summed E-state index contributed by atoms with van der Waals surface area (Å²) in [7, 11) is 0. The van der Waals surface area contributed by atoms with Crippen molar-refractivity contribution >= 4 is 23.1 Å². The largest absolute Gasteiger partial charge is 0.396 e. The van der Waals surface area contributed by atoms with Gasteiger partial charge in [0.25, 0.3) is 0 Å². The van der Waals surface area contributed by atoms with Crippen molar-refractivity contribution < 1.29 is 10.0 Å². The molecule has 0 aromatic carbocycles. The molecular formula is C10H13ClN4O3. The minimum Gasteiger partial charge on any atom is -0.396 e. The molecule has 1 fully saturated rings. The highest BCUT2D eigenvalue weighted by Gasteiger charge is 2.30. The molecule has 0 spiro atoms. The molecule has 2 rings (SSSR count). The average Bonchev–Trinajstić information content (AvgIpc) is 2.77. The number of nitro groups is 1. The molecule has 98 valence electrons. The first-order valence-electron chi connectivity index (χ1n) is 5.64. The smallest absolute Gasteiger partial charge is 0.348 e. The van der Waals surface area contributed by atoms with E-state index < -0.39 is 4.92 Å². The summed E-state index contributed by atoms with van der Waals surface area (Å²) in [6.45, 7) is 1.46. The van der Waals surface area contributed by atoms with Gasteiger partial charge in [0.2, 0.25) is 11.0 Å². The monoisotopic (exact) mass is 272 g/mol. The number of hydrogen-bond donors (Lipinski definition) is 1. The van der Waals surface area contributed by atoms with Gasteiger partial charge in [-0.1, -0.05) is 11.6 Å². The minimum atomic E-state index is -0.558. The van der Waals surface area contributed by atoms with Gasteiger partial charge in [-0.3, -0.25) is 10.1 Å². The number of hydrogen-bond acceptors (Lipinski definition) is 6. The van der Waals surface area contributed by atoms with Crippen LogP contribution in [0.1, 0.15) is 12.8 Å². The maximum atomic E-state index is 11.0. The lowest BCUT2D eigenvalue weighted by Gasteiger charge is -2.17. The van der Waals surface area contributed by atoms with Crippen molar-refractivity contribution in [2.45, 2.75) is 12.8 Å². The summed E-state index contributed by atoms with van der Waals surface area (Å²) in [5.74, 6) is 0.601. The lowest BCUT2D eigenvalue weighted by atomic mass is 10.1. The summed E-state index contributed by atoms with van der Waals surface area (Å²) in [5, 5.41) is 19.7. The molecular weight excluding hydrogens is 260 g/mol. The van der Waals surface area contributed by atoms with Gasteiger partial charge in [0, 0.05) is 19.7 Å². The topological polar surface area (TPSA) is 92.4 Å². The lowest BCUT2D eigenvalue weighted by molar-refractivity contribution is -0.384. The number of nitrogens with zero attached hydrogens (tertiary/aromatic N) is 4. The van der Waals surface area contributed by atoms with Gasteiger partial charge in [-0.15, -0.1) is 0 Å². The van der Waals surface area contributed by atoms with E-state index in [0.717, 1.165) is 6.42 Å². The van der Waals surface area contributed by atoms with Crippen molar-refractivity contribution in [1.29, 1.82) is 0 Å². The molecule has 1 aromatic heterocycles. The molecule has 1 N–H and O–H groups in total. The van der Waals surface area contributed by atoms with E-state index in [4.69, 9.17) is 16.7 Å². The van der Waals surface area contributed by atoms with E-state index in [-0.39, 0.29) is 23.3 Å². The Bertz CT molecular complexity index is 457. The minimum absolute atomic E-state index is 0.130. The maximum Gasteiger partial charge on any atom is 0.348 e. The Kier molecular flexibility index (Phi) is 3.93. The summed E-state index contributed by atoms with van der Waals surface area (Å²) in [6, 6.07) is 0. The van der Waals surface area contributed by atoms with E-state index in [1.807, 2.05) is 4.90 Å². The van der Waals surface area contributed by atoms with E-state index >= 15 is 0 Å². The molecule has 1 aromatic rings.